The van der Waals surface area contributed by atoms with E-state index in [0.717, 1.165) is 5.69 Å². The Morgan fingerprint density at radius 2 is 0.788 bits per heavy atom. The summed E-state index contributed by atoms with van der Waals surface area (Å²) >= 11 is 1.95. The average molecular weight is 859 g/mol. The van der Waals surface area contributed by atoms with E-state index in [1.165, 1.54) is 125 Å². The molecule has 3 heterocycles. The lowest BCUT2D eigenvalue weighted by molar-refractivity contribution is 0.661. The van der Waals surface area contributed by atoms with Crippen LogP contribution in [0.2, 0.25) is 0 Å². The Bertz CT molecular complexity index is 4110. The Labute approximate surface area is 386 Å². The van der Waals surface area contributed by atoms with Crippen molar-refractivity contribution in [3.63, 3.8) is 0 Å². The molecule has 13 aromatic rings. The second-order valence-electron chi connectivity index (χ2n) is 18.5. The molecule has 0 aliphatic heterocycles. The van der Waals surface area contributed by atoms with Crippen LogP contribution in [0.1, 0.15) is 25.0 Å². The van der Waals surface area contributed by atoms with E-state index in [1.54, 1.807) is 0 Å². The maximum atomic E-state index is 2.42. The lowest BCUT2D eigenvalue weighted by Crippen LogP contribution is -2.14. The fourth-order valence-electron chi connectivity index (χ4n) is 11.4. The highest BCUT2D eigenvalue weighted by atomic mass is 32.1. The molecule has 0 spiro atoms. The van der Waals surface area contributed by atoms with E-state index in [-0.39, 0.29) is 5.41 Å². The Hall–Kier alpha value is -7.98. The summed E-state index contributed by atoms with van der Waals surface area (Å²) < 4.78 is 7.54. The number of hydrogen-bond donors (Lipinski definition) is 0. The van der Waals surface area contributed by atoms with E-state index in [1.807, 2.05) is 11.3 Å². The molecule has 0 amide bonds. The minimum absolute atomic E-state index is 0.0157. The Kier molecular flexibility index (Phi) is 7.94. The van der Waals surface area contributed by atoms with Gasteiger partial charge in [-0.3, -0.25) is 0 Å². The highest BCUT2D eigenvalue weighted by Crippen LogP contribution is 2.54. The third-order valence-electron chi connectivity index (χ3n) is 14.5. The number of thiophene rings is 1. The molecule has 3 aromatic heterocycles. The van der Waals surface area contributed by atoms with Gasteiger partial charge in [-0.2, -0.15) is 0 Å². The molecule has 0 unspecified atom stereocenters. The zero-order valence-corrected chi connectivity index (χ0v) is 37.4. The first-order valence-electron chi connectivity index (χ1n) is 22.9. The Balaban J connectivity index is 0.883. The van der Waals surface area contributed by atoms with Gasteiger partial charge in [0.1, 0.15) is 0 Å². The van der Waals surface area contributed by atoms with E-state index in [4.69, 9.17) is 0 Å². The fraction of sp³-hybridized carbons (Fsp3) is 0.0476. The summed E-state index contributed by atoms with van der Waals surface area (Å²) in [5.41, 5.74) is 20.1. The van der Waals surface area contributed by atoms with Crippen LogP contribution < -0.4 is 0 Å². The fourth-order valence-corrected chi connectivity index (χ4v) is 12.8. The normalized spacial score (nSPS) is 13.1. The van der Waals surface area contributed by atoms with Gasteiger partial charge >= 0.3 is 0 Å². The van der Waals surface area contributed by atoms with Crippen molar-refractivity contribution in [3.05, 3.63) is 230 Å². The van der Waals surface area contributed by atoms with Gasteiger partial charge in [0.15, 0.2) is 0 Å². The monoisotopic (exact) mass is 858 g/mol. The van der Waals surface area contributed by atoms with Crippen molar-refractivity contribution in [2.75, 3.05) is 0 Å². The SMILES string of the molecule is CC1(C)c2ccccc2-c2c1ccc1c2sc2c(-c3ccc(-c4ccc5c(c4)c4cc(-c6ccc7c(c6)c6ccccc6n7-c6ccccc6)ccc4n5-c4ccccc4)cc3)cccc21. The standard InChI is InChI=1S/C63H42N2S/c1-63(2)54-22-11-9-19-50(54)60-55(63)32-31-49-48-21-13-20-46(61(48)66-62(49)60)40-26-24-39(25-27-40)41-28-33-58-52(36-41)53-38-43(30-35-59(53)65(58)45-16-7-4-8-17-45)42-29-34-57-51(37-42)47-18-10-12-23-56(47)64(57)44-14-5-3-6-15-44/h3-38H,1-2H3. The molecule has 14 rings (SSSR count). The number of benzene rings is 10. The lowest BCUT2D eigenvalue weighted by Gasteiger charge is -2.21. The van der Waals surface area contributed by atoms with Gasteiger partial charge in [0.05, 0.1) is 22.1 Å². The third kappa shape index (κ3) is 5.35. The van der Waals surface area contributed by atoms with Crippen LogP contribution in [0.3, 0.4) is 0 Å². The summed E-state index contributed by atoms with van der Waals surface area (Å²) in [5, 5.41) is 7.68. The van der Waals surface area contributed by atoms with Crippen LogP contribution in [-0.4, -0.2) is 9.13 Å². The minimum Gasteiger partial charge on any atom is -0.309 e. The molecule has 0 fully saturated rings. The Morgan fingerprint density at radius 3 is 1.44 bits per heavy atom. The van der Waals surface area contributed by atoms with Crippen molar-refractivity contribution in [3.8, 4) is 55.9 Å². The maximum Gasteiger partial charge on any atom is 0.0541 e. The molecular weight excluding hydrogens is 817 g/mol. The maximum absolute atomic E-state index is 2.42. The smallest absolute Gasteiger partial charge is 0.0541 e. The van der Waals surface area contributed by atoms with Crippen molar-refractivity contribution in [1.82, 2.24) is 9.13 Å². The molecule has 1 aliphatic carbocycles. The minimum atomic E-state index is -0.0157. The molecule has 1 aliphatic rings. The number of aromatic nitrogens is 2. The summed E-state index contributed by atoms with van der Waals surface area (Å²) in [6, 6.07) is 81.0. The van der Waals surface area contributed by atoms with E-state index in [9.17, 15) is 0 Å². The van der Waals surface area contributed by atoms with E-state index < -0.39 is 0 Å². The topological polar surface area (TPSA) is 9.86 Å². The number of para-hydroxylation sites is 3. The van der Waals surface area contributed by atoms with Gasteiger partial charge < -0.3 is 9.13 Å². The summed E-state index contributed by atoms with van der Waals surface area (Å²) in [5.74, 6) is 0. The predicted octanol–water partition coefficient (Wildman–Crippen LogP) is 17.6. The summed E-state index contributed by atoms with van der Waals surface area (Å²) in [6.07, 6.45) is 0. The quantitative estimate of drug-likeness (QED) is 0.163. The van der Waals surface area contributed by atoms with Crippen LogP contribution in [0.5, 0.6) is 0 Å². The van der Waals surface area contributed by atoms with Crippen LogP contribution in [0.4, 0.5) is 0 Å². The molecule has 3 heteroatoms. The first-order valence-corrected chi connectivity index (χ1v) is 23.7. The molecule has 10 aromatic carbocycles. The second kappa shape index (κ2) is 14.0. The number of rotatable bonds is 5. The molecule has 0 N–H and O–H groups in total. The zero-order chi connectivity index (χ0) is 43.7. The van der Waals surface area contributed by atoms with E-state index >= 15 is 0 Å². The zero-order valence-electron chi connectivity index (χ0n) is 36.6. The summed E-state index contributed by atoms with van der Waals surface area (Å²) in [4.78, 5) is 0. The molecule has 0 radical (unpaired) electrons. The molecule has 0 saturated heterocycles. The molecule has 0 atom stereocenters. The molecule has 0 bridgehead atoms. The van der Waals surface area contributed by atoms with Crippen molar-refractivity contribution in [2.45, 2.75) is 19.3 Å². The van der Waals surface area contributed by atoms with Gasteiger partial charge in [-0.25, -0.2) is 0 Å². The largest absolute Gasteiger partial charge is 0.309 e. The third-order valence-corrected chi connectivity index (χ3v) is 15.8. The van der Waals surface area contributed by atoms with Crippen LogP contribution in [0.15, 0.2) is 218 Å². The summed E-state index contributed by atoms with van der Waals surface area (Å²) in [6.45, 7) is 4.74. The number of nitrogens with zero attached hydrogens (tertiary/aromatic N) is 2. The highest BCUT2D eigenvalue weighted by Gasteiger charge is 2.36. The van der Waals surface area contributed by atoms with Gasteiger partial charge in [-0.1, -0.05) is 166 Å². The van der Waals surface area contributed by atoms with Crippen LogP contribution >= 0.6 is 11.3 Å². The van der Waals surface area contributed by atoms with Gasteiger partial charge in [0.25, 0.3) is 0 Å². The van der Waals surface area contributed by atoms with Crippen LogP contribution in [-0.2, 0) is 5.41 Å². The lowest BCUT2D eigenvalue weighted by atomic mass is 9.82. The summed E-state index contributed by atoms with van der Waals surface area (Å²) in [7, 11) is 0. The van der Waals surface area contributed by atoms with Crippen molar-refractivity contribution in [2.24, 2.45) is 0 Å². The van der Waals surface area contributed by atoms with Crippen LogP contribution in [0.25, 0.3) is 120 Å². The Morgan fingerprint density at radius 1 is 0.318 bits per heavy atom. The van der Waals surface area contributed by atoms with Crippen molar-refractivity contribution in [1.29, 1.82) is 0 Å². The molecular formula is C63H42N2S. The van der Waals surface area contributed by atoms with E-state index in [2.05, 4.69) is 241 Å². The molecule has 66 heavy (non-hydrogen) atoms. The number of hydrogen-bond acceptors (Lipinski definition) is 1. The first kappa shape index (κ1) is 37.4. The van der Waals surface area contributed by atoms with E-state index in [0.29, 0.717) is 0 Å². The second-order valence-corrected chi connectivity index (χ2v) is 19.5. The van der Waals surface area contributed by atoms with Gasteiger partial charge in [0.2, 0.25) is 0 Å². The molecule has 310 valence electrons. The van der Waals surface area contributed by atoms with Crippen LogP contribution in [0, 0.1) is 0 Å². The predicted molar refractivity (Wildman–Crippen MR) is 282 cm³/mol. The highest BCUT2D eigenvalue weighted by molar-refractivity contribution is 7.27. The van der Waals surface area contributed by atoms with Gasteiger partial charge in [-0.15, -0.1) is 11.3 Å². The van der Waals surface area contributed by atoms with Gasteiger partial charge in [-0.05, 0) is 117 Å². The molecule has 0 saturated carbocycles. The first-order chi connectivity index (χ1) is 32.5. The number of fused-ring (bicyclic) bond motifs is 13. The van der Waals surface area contributed by atoms with Gasteiger partial charge in [0, 0.05) is 64.1 Å². The van der Waals surface area contributed by atoms with Crippen molar-refractivity contribution < 1.29 is 0 Å². The van der Waals surface area contributed by atoms with Crippen molar-refractivity contribution >= 4 is 75.1 Å². The average Bonchev–Trinajstić information content (AvgIpc) is 4.09. The molecule has 2 nitrogen and oxygen atoms in total.